The molecule has 2 nitrogen and oxygen atoms in total. The van der Waals surface area contributed by atoms with Gasteiger partial charge in [0.15, 0.2) is 0 Å². The number of H-pyrrole nitrogens is 2. The van der Waals surface area contributed by atoms with E-state index in [0.717, 1.165) is 0 Å². The summed E-state index contributed by atoms with van der Waals surface area (Å²) >= 11 is 0.0786. The molecule has 0 bridgehead atoms. The van der Waals surface area contributed by atoms with Crippen LogP contribution in [0.2, 0.25) is 0 Å². The Bertz CT molecular complexity index is 543. The molecule has 0 unspecified atom stereocenters. The molecule has 2 aromatic rings. The molecular weight excluding hydrogens is 369 g/mol. The van der Waals surface area contributed by atoms with Crippen LogP contribution in [0, 0.1) is 0 Å². The van der Waals surface area contributed by atoms with Gasteiger partial charge in [-0.25, -0.2) is 0 Å². The van der Waals surface area contributed by atoms with E-state index < -0.39 is 0 Å². The van der Waals surface area contributed by atoms with Gasteiger partial charge in [-0.15, -0.1) is 0 Å². The van der Waals surface area contributed by atoms with E-state index in [0.29, 0.717) is 0 Å². The van der Waals surface area contributed by atoms with Crippen LogP contribution in [0.25, 0.3) is 0 Å². The van der Waals surface area contributed by atoms with Crippen LogP contribution in [-0.4, -0.2) is 9.97 Å². The molecule has 0 radical (unpaired) electrons. The Balaban J connectivity index is 2.27. The summed E-state index contributed by atoms with van der Waals surface area (Å²) in [6.07, 6.45) is 14.3. The Morgan fingerprint density at radius 2 is 1.04 bits per heavy atom. The third-order valence-corrected chi connectivity index (χ3v) is 6.66. The van der Waals surface area contributed by atoms with Crippen LogP contribution in [0.5, 0.6) is 0 Å². The summed E-state index contributed by atoms with van der Waals surface area (Å²) in [6, 6.07) is 0. The summed E-state index contributed by atoms with van der Waals surface area (Å²) in [4.78, 5) is 7.25. The molecule has 2 rings (SSSR count). The number of aromatic nitrogens is 2. The Morgan fingerprint density at radius 1 is 0.652 bits per heavy atom. The van der Waals surface area contributed by atoms with Crippen LogP contribution < -0.4 is 8.58 Å². The van der Waals surface area contributed by atoms with Gasteiger partial charge in [-0.1, -0.05) is 0 Å². The van der Waals surface area contributed by atoms with Crippen LogP contribution in [-0.2, 0) is 42.8 Å². The Kier molecular flexibility index (Phi) is 7.63. The van der Waals surface area contributed by atoms with E-state index in [9.17, 15) is 0 Å². The van der Waals surface area contributed by atoms with Gasteiger partial charge in [0.05, 0.1) is 0 Å². The van der Waals surface area contributed by atoms with Gasteiger partial charge < -0.3 is 0 Å². The molecule has 0 fully saturated rings. The summed E-state index contributed by atoms with van der Waals surface area (Å²) < 4.78 is 3.04. The van der Waals surface area contributed by atoms with Crippen LogP contribution in [0.3, 0.4) is 0 Å². The monoisotopic (exact) mass is 402 g/mol. The Labute approximate surface area is 149 Å². The first-order chi connectivity index (χ1) is 11.2. The first-order valence-corrected chi connectivity index (χ1v) is 11.0. The zero-order valence-electron chi connectivity index (χ0n) is 15.2. The van der Waals surface area contributed by atoms with Gasteiger partial charge in [0.2, 0.25) is 0 Å². The van der Waals surface area contributed by atoms with Crippen molar-refractivity contribution in [3.63, 3.8) is 0 Å². The third-order valence-electron chi connectivity index (χ3n) is 4.25. The number of aryl methyl sites for hydroxylation is 2. The standard InChI is InChI=1S/2C10H16N.Ru/c2*1-3-5-9-7-11-8-10(9)6-4-2;/h2*7,11H,3-6H2,1-2H3;. The topological polar surface area (TPSA) is 31.6 Å². The molecule has 0 saturated heterocycles. The summed E-state index contributed by atoms with van der Waals surface area (Å²) in [7, 11) is 0. The van der Waals surface area contributed by atoms with Crippen molar-refractivity contribution in [3.05, 3.63) is 34.6 Å². The minimum atomic E-state index is 0.0786. The van der Waals surface area contributed by atoms with Crippen molar-refractivity contribution in [1.82, 2.24) is 9.97 Å². The van der Waals surface area contributed by atoms with E-state index in [1.54, 1.807) is 22.3 Å². The van der Waals surface area contributed by atoms with Gasteiger partial charge in [-0.3, -0.25) is 0 Å². The zero-order chi connectivity index (χ0) is 16.7. The molecule has 0 aliphatic heterocycles. The van der Waals surface area contributed by atoms with Crippen LogP contribution in [0.1, 0.15) is 75.6 Å². The van der Waals surface area contributed by atoms with Crippen molar-refractivity contribution in [2.75, 3.05) is 0 Å². The summed E-state index contributed by atoms with van der Waals surface area (Å²) in [5.74, 6) is 0. The average molecular weight is 402 g/mol. The summed E-state index contributed by atoms with van der Waals surface area (Å²) in [5.41, 5.74) is 6.33. The normalized spacial score (nSPS) is 11.5. The molecule has 2 N–H and O–H groups in total. The fourth-order valence-corrected chi connectivity index (χ4v) is 5.64. The fraction of sp³-hybridized carbons (Fsp3) is 0.600. The minimum absolute atomic E-state index is 0.0786. The molecule has 0 amide bonds. The molecule has 0 atom stereocenters. The van der Waals surface area contributed by atoms with Gasteiger partial charge in [0.25, 0.3) is 0 Å². The molecular formula is C20H32N2Ru. The van der Waals surface area contributed by atoms with Gasteiger partial charge in [0, 0.05) is 0 Å². The molecule has 0 spiro atoms. The van der Waals surface area contributed by atoms with Gasteiger partial charge in [-0.05, 0) is 0 Å². The molecule has 0 aliphatic rings. The van der Waals surface area contributed by atoms with E-state index in [1.165, 1.54) is 59.9 Å². The van der Waals surface area contributed by atoms with Gasteiger partial charge in [-0.2, -0.15) is 0 Å². The number of hydrogen-bond acceptors (Lipinski definition) is 0. The van der Waals surface area contributed by atoms with E-state index in [-0.39, 0.29) is 17.1 Å². The second-order valence-corrected chi connectivity index (χ2v) is 8.45. The van der Waals surface area contributed by atoms with Crippen LogP contribution in [0.15, 0.2) is 12.4 Å². The van der Waals surface area contributed by atoms with E-state index in [4.69, 9.17) is 0 Å². The second kappa shape index (κ2) is 9.47. The average Bonchev–Trinajstić information content (AvgIpc) is 3.09. The number of rotatable bonds is 10. The van der Waals surface area contributed by atoms with E-state index in [1.807, 2.05) is 0 Å². The first-order valence-electron chi connectivity index (χ1n) is 9.25. The summed E-state index contributed by atoms with van der Waals surface area (Å²) in [6.45, 7) is 9.13. The first kappa shape index (κ1) is 18.5. The van der Waals surface area contributed by atoms with Gasteiger partial charge in [0.1, 0.15) is 0 Å². The van der Waals surface area contributed by atoms with Crippen molar-refractivity contribution >= 4 is 8.58 Å². The van der Waals surface area contributed by atoms with Gasteiger partial charge >= 0.3 is 149 Å². The zero-order valence-corrected chi connectivity index (χ0v) is 16.9. The molecule has 23 heavy (non-hydrogen) atoms. The number of nitrogens with one attached hydrogen (secondary N) is 2. The van der Waals surface area contributed by atoms with E-state index >= 15 is 0 Å². The van der Waals surface area contributed by atoms with Crippen LogP contribution in [0.4, 0.5) is 0 Å². The van der Waals surface area contributed by atoms with Crippen molar-refractivity contribution in [2.24, 2.45) is 0 Å². The number of hydrogen-bond donors (Lipinski definition) is 2. The SMILES string of the molecule is CCCc1c[nH][c]([Ru][c]2[nH]cc(CCC)c2CCC)c1CCC. The molecule has 2 heterocycles. The molecule has 3 heteroatoms. The second-order valence-electron chi connectivity index (χ2n) is 6.28. The van der Waals surface area contributed by atoms with Crippen LogP contribution >= 0.6 is 0 Å². The fourth-order valence-electron chi connectivity index (χ4n) is 3.19. The maximum absolute atomic E-state index is 3.62. The summed E-state index contributed by atoms with van der Waals surface area (Å²) in [5, 5.41) is 0. The molecule has 2 aromatic heterocycles. The Hall–Kier alpha value is -0.817. The molecule has 0 saturated carbocycles. The number of aromatic amines is 2. The molecule has 0 aromatic carbocycles. The predicted octanol–water partition coefficient (Wildman–Crippen LogP) is 4.19. The van der Waals surface area contributed by atoms with Crippen molar-refractivity contribution < 1.29 is 17.1 Å². The quantitative estimate of drug-likeness (QED) is 0.560. The van der Waals surface area contributed by atoms with Crippen molar-refractivity contribution in [3.8, 4) is 0 Å². The molecule has 130 valence electrons. The predicted molar refractivity (Wildman–Crippen MR) is 96.8 cm³/mol. The molecule has 0 aliphatic carbocycles. The Morgan fingerprint density at radius 3 is 1.39 bits per heavy atom. The van der Waals surface area contributed by atoms with Crippen molar-refractivity contribution in [2.45, 2.75) is 79.1 Å². The maximum atomic E-state index is 3.62. The third kappa shape index (κ3) is 4.60. The van der Waals surface area contributed by atoms with Crippen molar-refractivity contribution in [1.29, 1.82) is 0 Å². The van der Waals surface area contributed by atoms with E-state index in [2.05, 4.69) is 50.1 Å².